The van der Waals surface area contributed by atoms with Gasteiger partial charge in [0.05, 0.1) is 11.1 Å². The number of hydrogen-bond donors (Lipinski definition) is 1. The van der Waals surface area contributed by atoms with Crippen LogP contribution in [-0.2, 0) is 4.79 Å². The standard InChI is InChI=1S/C14H16Cl2N2O2/c1-4-14(3,8-17)18-13(19)9(2)20-12-6-5-10(15)7-11(12)16/h5-7,9H,4H2,1-3H3,(H,18,19). The van der Waals surface area contributed by atoms with E-state index in [-0.39, 0.29) is 5.91 Å². The first-order valence-corrected chi connectivity index (χ1v) is 6.92. The highest BCUT2D eigenvalue weighted by atomic mass is 35.5. The molecule has 0 radical (unpaired) electrons. The highest BCUT2D eigenvalue weighted by Crippen LogP contribution is 2.28. The average Bonchev–Trinajstić information content (AvgIpc) is 2.41. The molecule has 0 saturated heterocycles. The van der Waals surface area contributed by atoms with Crippen LogP contribution in [0.5, 0.6) is 5.75 Å². The molecule has 4 nitrogen and oxygen atoms in total. The number of carbonyl (C=O) groups is 1. The van der Waals surface area contributed by atoms with Gasteiger partial charge in [0.1, 0.15) is 11.3 Å². The molecule has 0 fully saturated rings. The van der Waals surface area contributed by atoms with Crippen molar-refractivity contribution in [2.75, 3.05) is 0 Å². The second kappa shape index (κ2) is 6.83. The van der Waals surface area contributed by atoms with E-state index in [0.29, 0.717) is 22.2 Å². The van der Waals surface area contributed by atoms with E-state index in [9.17, 15) is 4.79 Å². The Morgan fingerprint density at radius 2 is 2.20 bits per heavy atom. The number of carbonyl (C=O) groups excluding carboxylic acids is 1. The lowest BCUT2D eigenvalue weighted by Crippen LogP contribution is -2.49. The third kappa shape index (κ3) is 4.29. The topological polar surface area (TPSA) is 62.1 Å². The Morgan fingerprint density at radius 1 is 1.55 bits per heavy atom. The lowest BCUT2D eigenvalue weighted by molar-refractivity contribution is -0.128. The minimum atomic E-state index is -0.904. The van der Waals surface area contributed by atoms with Crippen LogP contribution in [0.25, 0.3) is 0 Å². The Morgan fingerprint density at radius 3 is 2.70 bits per heavy atom. The Kier molecular flexibility index (Phi) is 5.67. The molecule has 0 aliphatic heterocycles. The molecule has 0 bridgehead atoms. The van der Waals surface area contributed by atoms with Crippen LogP contribution in [0.4, 0.5) is 0 Å². The number of nitrogens with zero attached hydrogens (tertiary/aromatic N) is 1. The van der Waals surface area contributed by atoms with Crippen molar-refractivity contribution in [3.8, 4) is 11.8 Å². The van der Waals surface area contributed by atoms with Gasteiger partial charge < -0.3 is 10.1 Å². The van der Waals surface area contributed by atoms with E-state index in [1.54, 1.807) is 26.0 Å². The second-order valence-electron chi connectivity index (χ2n) is 4.62. The summed E-state index contributed by atoms with van der Waals surface area (Å²) in [4.78, 5) is 12.0. The number of nitriles is 1. The summed E-state index contributed by atoms with van der Waals surface area (Å²) in [6, 6.07) is 6.82. The third-order valence-electron chi connectivity index (χ3n) is 2.92. The van der Waals surface area contributed by atoms with Crippen LogP contribution < -0.4 is 10.1 Å². The quantitative estimate of drug-likeness (QED) is 0.903. The molecule has 2 atom stereocenters. The highest BCUT2D eigenvalue weighted by molar-refractivity contribution is 6.35. The number of amides is 1. The SMILES string of the molecule is CCC(C)(C#N)NC(=O)C(C)Oc1ccc(Cl)cc1Cl. The summed E-state index contributed by atoms with van der Waals surface area (Å²) in [5.41, 5.74) is -0.904. The van der Waals surface area contributed by atoms with Gasteiger partial charge in [0.2, 0.25) is 0 Å². The van der Waals surface area contributed by atoms with Gasteiger partial charge in [-0.15, -0.1) is 0 Å². The van der Waals surface area contributed by atoms with Crippen LogP contribution in [0, 0.1) is 11.3 Å². The van der Waals surface area contributed by atoms with E-state index in [0.717, 1.165) is 0 Å². The van der Waals surface area contributed by atoms with Crippen LogP contribution in [0.3, 0.4) is 0 Å². The summed E-state index contributed by atoms with van der Waals surface area (Å²) in [6.45, 7) is 5.08. The van der Waals surface area contributed by atoms with Gasteiger partial charge in [0, 0.05) is 5.02 Å². The van der Waals surface area contributed by atoms with Gasteiger partial charge in [-0.05, 0) is 38.5 Å². The maximum atomic E-state index is 12.0. The van der Waals surface area contributed by atoms with Crippen LogP contribution in [0.15, 0.2) is 18.2 Å². The molecule has 1 rings (SSSR count). The molecule has 0 aliphatic rings. The Balaban J connectivity index is 2.74. The first-order valence-electron chi connectivity index (χ1n) is 6.16. The van der Waals surface area contributed by atoms with Crippen molar-refractivity contribution in [3.63, 3.8) is 0 Å². The molecule has 6 heteroatoms. The first-order chi connectivity index (χ1) is 9.31. The van der Waals surface area contributed by atoms with E-state index < -0.39 is 11.6 Å². The van der Waals surface area contributed by atoms with Crippen LogP contribution in [-0.4, -0.2) is 17.6 Å². The number of hydrogen-bond acceptors (Lipinski definition) is 3. The summed E-state index contributed by atoms with van der Waals surface area (Å²) >= 11 is 11.8. The van der Waals surface area contributed by atoms with Gasteiger partial charge in [0.15, 0.2) is 6.10 Å². The maximum absolute atomic E-state index is 12.0. The molecule has 0 aliphatic carbocycles. The van der Waals surface area contributed by atoms with E-state index >= 15 is 0 Å². The lowest BCUT2D eigenvalue weighted by Gasteiger charge is -2.24. The monoisotopic (exact) mass is 314 g/mol. The molecule has 1 amide bonds. The fourth-order valence-corrected chi connectivity index (χ4v) is 1.84. The normalized spacial score (nSPS) is 14.8. The first kappa shape index (κ1) is 16.6. The zero-order valence-electron chi connectivity index (χ0n) is 11.5. The summed E-state index contributed by atoms with van der Waals surface area (Å²) in [5.74, 6) is -0.00390. The minimum absolute atomic E-state index is 0.329. The van der Waals surface area contributed by atoms with Crippen molar-refractivity contribution in [3.05, 3.63) is 28.2 Å². The van der Waals surface area contributed by atoms with Crippen molar-refractivity contribution in [2.24, 2.45) is 0 Å². The van der Waals surface area contributed by atoms with Crippen molar-refractivity contribution >= 4 is 29.1 Å². The van der Waals surface area contributed by atoms with Gasteiger partial charge in [-0.2, -0.15) is 5.26 Å². The molecule has 0 saturated carbocycles. The van der Waals surface area contributed by atoms with Crippen LogP contribution >= 0.6 is 23.2 Å². The number of ether oxygens (including phenoxy) is 1. The molecule has 1 aromatic carbocycles. The highest BCUT2D eigenvalue weighted by Gasteiger charge is 2.27. The van der Waals surface area contributed by atoms with Crippen LogP contribution in [0.2, 0.25) is 10.0 Å². The van der Waals surface area contributed by atoms with Gasteiger partial charge in [-0.1, -0.05) is 30.1 Å². The molecule has 0 heterocycles. The van der Waals surface area contributed by atoms with Gasteiger partial charge in [-0.25, -0.2) is 0 Å². The summed E-state index contributed by atoms with van der Waals surface area (Å²) in [5, 5.41) is 12.5. The Hall–Kier alpha value is -1.44. The lowest BCUT2D eigenvalue weighted by atomic mass is 10.0. The van der Waals surface area contributed by atoms with E-state index in [1.165, 1.54) is 6.07 Å². The second-order valence-corrected chi connectivity index (χ2v) is 5.47. The van der Waals surface area contributed by atoms with Crippen molar-refractivity contribution in [1.82, 2.24) is 5.32 Å². The van der Waals surface area contributed by atoms with Gasteiger partial charge in [-0.3, -0.25) is 4.79 Å². The maximum Gasteiger partial charge on any atom is 0.262 e. The number of rotatable bonds is 5. The largest absolute Gasteiger partial charge is 0.479 e. The number of halogens is 2. The molecular weight excluding hydrogens is 299 g/mol. The molecule has 108 valence electrons. The predicted octanol–water partition coefficient (Wildman–Crippen LogP) is 3.57. The Labute approximate surface area is 128 Å². The molecular formula is C14H16Cl2N2O2. The summed E-state index contributed by atoms with van der Waals surface area (Å²) < 4.78 is 5.48. The van der Waals surface area contributed by atoms with Gasteiger partial charge >= 0.3 is 0 Å². The molecule has 1 N–H and O–H groups in total. The molecule has 0 aromatic heterocycles. The van der Waals surface area contributed by atoms with E-state index in [2.05, 4.69) is 11.4 Å². The zero-order valence-corrected chi connectivity index (χ0v) is 13.0. The van der Waals surface area contributed by atoms with Gasteiger partial charge in [0.25, 0.3) is 5.91 Å². The van der Waals surface area contributed by atoms with E-state index in [1.807, 2.05) is 6.92 Å². The molecule has 2 unspecified atom stereocenters. The fraction of sp³-hybridized carbons (Fsp3) is 0.429. The van der Waals surface area contributed by atoms with Crippen LogP contribution in [0.1, 0.15) is 27.2 Å². The van der Waals surface area contributed by atoms with Crippen molar-refractivity contribution < 1.29 is 9.53 Å². The average molecular weight is 315 g/mol. The minimum Gasteiger partial charge on any atom is -0.479 e. The molecule has 0 spiro atoms. The zero-order chi connectivity index (χ0) is 15.3. The Bertz CT molecular complexity index is 542. The number of benzene rings is 1. The summed E-state index contributed by atoms with van der Waals surface area (Å²) in [6.07, 6.45) is -0.267. The van der Waals surface area contributed by atoms with Crippen molar-refractivity contribution in [2.45, 2.75) is 38.8 Å². The predicted molar refractivity (Wildman–Crippen MR) is 79.0 cm³/mol. The van der Waals surface area contributed by atoms with E-state index in [4.69, 9.17) is 33.2 Å². The summed E-state index contributed by atoms with van der Waals surface area (Å²) in [7, 11) is 0. The third-order valence-corrected chi connectivity index (χ3v) is 3.45. The molecule has 1 aromatic rings. The van der Waals surface area contributed by atoms with Crippen molar-refractivity contribution in [1.29, 1.82) is 5.26 Å². The smallest absolute Gasteiger partial charge is 0.262 e. The number of nitrogens with one attached hydrogen (secondary N) is 1. The fourth-order valence-electron chi connectivity index (χ4n) is 1.38. The molecule has 20 heavy (non-hydrogen) atoms.